The first-order valence-corrected chi connectivity index (χ1v) is 3.68. The van der Waals surface area contributed by atoms with E-state index in [1.165, 1.54) is 6.92 Å². The van der Waals surface area contributed by atoms with Crippen LogP contribution in [-0.4, -0.2) is 30.2 Å². The number of likely N-dealkylation sites (N-methyl/N-ethyl adjacent to an activating group) is 1. The van der Waals surface area contributed by atoms with Crippen LogP contribution in [0.2, 0.25) is 0 Å². The third-order valence-electron chi connectivity index (χ3n) is 1.59. The van der Waals surface area contributed by atoms with Gasteiger partial charge in [0.05, 0.1) is 0 Å². The molecule has 4 heteroatoms. The normalized spacial score (nSPS) is 16.0. The van der Waals surface area contributed by atoms with Crippen LogP contribution in [0.3, 0.4) is 0 Å². The lowest BCUT2D eigenvalue weighted by Gasteiger charge is -2.17. The number of hydrogen-bond donors (Lipinski definition) is 3. The number of carbonyl (C=O) groups is 1. The van der Waals surface area contributed by atoms with Gasteiger partial charge in [0, 0.05) is 12.5 Å². The van der Waals surface area contributed by atoms with Crippen LogP contribution in [0.1, 0.15) is 19.8 Å². The molecule has 0 bridgehead atoms. The number of aliphatic hydroxyl groups is 1. The third kappa shape index (κ3) is 4.89. The summed E-state index contributed by atoms with van der Waals surface area (Å²) in [6, 6.07) is -0.182. The number of Topliss-reactive ketones (excluding diaryl/α,β-unsaturated/α-hetero) is 1. The van der Waals surface area contributed by atoms with Gasteiger partial charge in [0.25, 0.3) is 0 Å². The van der Waals surface area contributed by atoms with Gasteiger partial charge < -0.3 is 21.0 Å². The highest BCUT2D eigenvalue weighted by atomic mass is 16.3. The smallest absolute Gasteiger partial charge is 0.129 e. The Kier molecular flexibility index (Phi) is 5.02. The van der Waals surface area contributed by atoms with E-state index in [0.717, 1.165) is 0 Å². The first kappa shape index (κ1) is 10.6. The van der Waals surface area contributed by atoms with Crippen molar-refractivity contribution in [3.05, 3.63) is 0 Å². The highest BCUT2D eigenvalue weighted by Gasteiger charge is 2.12. The molecule has 0 aromatic carbocycles. The maximum atomic E-state index is 10.5. The molecule has 2 unspecified atom stereocenters. The van der Waals surface area contributed by atoms with Gasteiger partial charge in [-0.1, -0.05) is 0 Å². The fourth-order valence-electron chi connectivity index (χ4n) is 0.845. The van der Waals surface area contributed by atoms with Gasteiger partial charge in [-0.2, -0.15) is 0 Å². The lowest BCUT2D eigenvalue weighted by molar-refractivity contribution is -0.117. The van der Waals surface area contributed by atoms with Gasteiger partial charge >= 0.3 is 0 Å². The molecule has 4 N–H and O–H groups in total. The van der Waals surface area contributed by atoms with Gasteiger partial charge in [-0.05, 0) is 20.4 Å². The van der Waals surface area contributed by atoms with Crippen molar-refractivity contribution in [2.24, 2.45) is 5.73 Å². The molecule has 0 aromatic heterocycles. The molecule has 2 atom stereocenters. The van der Waals surface area contributed by atoms with Gasteiger partial charge in [-0.25, -0.2) is 0 Å². The summed E-state index contributed by atoms with van der Waals surface area (Å²) in [5.74, 6) is 0.117. The highest BCUT2D eigenvalue weighted by molar-refractivity contribution is 5.75. The summed E-state index contributed by atoms with van der Waals surface area (Å²) >= 11 is 0. The van der Waals surface area contributed by atoms with Crippen LogP contribution in [0.4, 0.5) is 0 Å². The lowest BCUT2D eigenvalue weighted by atomic mass is 10.1. The van der Waals surface area contributed by atoms with Crippen molar-refractivity contribution in [2.45, 2.75) is 32.0 Å². The van der Waals surface area contributed by atoms with Crippen molar-refractivity contribution >= 4 is 5.78 Å². The Hall–Kier alpha value is -0.450. The number of nitrogens with one attached hydrogen (secondary N) is 1. The van der Waals surface area contributed by atoms with Crippen LogP contribution in [0.25, 0.3) is 0 Å². The number of carbonyl (C=O) groups excluding carboxylic acids is 1. The van der Waals surface area contributed by atoms with E-state index in [9.17, 15) is 4.79 Å². The van der Waals surface area contributed by atoms with E-state index in [0.29, 0.717) is 12.8 Å². The van der Waals surface area contributed by atoms with Crippen molar-refractivity contribution < 1.29 is 9.90 Å². The Balaban J connectivity index is 3.61. The summed E-state index contributed by atoms with van der Waals surface area (Å²) in [5, 5.41) is 11.8. The van der Waals surface area contributed by atoms with Gasteiger partial charge in [0.15, 0.2) is 0 Å². The second-order valence-electron chi connectivity index (χ2n) is 2.63. The molecule has 0 aliphatic carbocycles. The van der Waals surface area contributed by atoms with E-state index in [-0.39, 0.29) is 11.8 Å². The summed E-state index contributed by atoms with van der Waals surface area (Å²) in [6.45, 7) is 1.52. The summed E-state index contributed by atoms with van der Waals surface area (Å²) in [6.07, 6.45) is 0.155. The average Bonchev–Trinajstić information content (AvgIpc) is 1.87. The zero-order valence-corrected chi connectivity index (χ0v) is 7.00. The molecule has 0 spiro atoms. The Labute approximate surface area is 66.8 Å². The molecule has 0 aliphatic heterocycles. The molecule has 0 radical (unpaired) electrons. The van der Waals surface area contributed by atoms with E-state index >= 15 is 0 Å². The van der Waals surface area contributed by atoms with Crippen LogP contribution in [0.15, 0.2) is 0 Å². The van der Waals surface area contributed by atoms with Crippen molar-refractivity contribution in [1.29, 1.82) is 0 Å². The minimum Gasteiger partial charge on any atom is -0.377 e. The summed E-state index contributed by atoms with van der Waals surface area (Å²) < 4.78 is 0. The van der Waals surface area contributed by atoms with E-state index in [1.54, 1.807) is 7.05 Å². The highest BCUT2D eigenvalue weighted by Crippen LogP contribution is 1.98. The van der Waals surface area contributed by atoms with Crippen molar-refractivity contribution in [3.63, 3.8) is 0 Å². The maximum Gasteiger partial charge on any atom is 0.129 e. The summed E-state index contributed by atoms with van der Waals surface area (Å²) in [4.78, 5) is 10.5. The standard InChI is InChI=1S/C7H16N2O2/c1-5(10)3-4-6(9-2)7(8)11/h6-7,9,11H,3-4,8H2,1-2H3. The first-order valence-electron chi connectivity index (χ1n) is 3.68. The first-order chi connectivity index (χ1) is 5.07. The Morgan fingerprint density at radius 1 is 1.73 bits per heavy atom. The number of ketones is 1. The average molecular weight is 160 g/mol. The molecule has 0 amide bonds. The molecule has 66 valence electrons. The second kappa shape index (κ2) is 5.23. The van der Waals surface area contributed by atoms with Crippen LogP contribution in [-0.2, 0) is 4.79 Å². The van der Waals surface area contributed by atoms with Crippen LogP contribution >= 0.6 is 0 Å². The molecular weight excluding hydrogens is 144 g/mol. The largest absolute Gasteiger partial charge is 0.377 e. The molecule has 0 saturated carbocycles. The molecule has 0 heterocycles. The monoisotopic (exact) mass is 160 g/mol. The second-order valence-corrected chi connectivity index (χ2v) is 2.63. The van der Waals surface area contributed by atoms with E-state index in [2.05, 4.69) is 5.32 Å². The minimum atomic E-state index is -0.889. The molecule has 0 saturated heterocycles. The topological polar surface area (TPSA) is 75.4 Å². The zero-order chi connectivity index (χ0) is 8.85. The fourth-order valence-corrected chi connectivity index (χ4v) is 0.845. The number of aliphatic hydroxyl groups excluding tert-OH is 1. The van der Waals surface area contributed by atoms with E-state index in [4.69, 9.17) is 10.8 Å². The van der Waals surface area contributed by atoms with Crippen molar-refractivity contribution in [1.82, 2.24) is 5.32 Å². The molecule has 0 aliphatic rings. The zero-order valence-electron chi connectivity index (χ0n) is 7.00. The molecule has 0 aromatic rings. The minimum absolute atomic E-state index is 0.117. The van der Waals surface area contributed by atoms with Gasteiger partial charge in [-0.15, -0.1) is 0 Å². The summed E-state index contributed by atoms with van der Waals surface area (Å²) in [5.41, 5.74) is 5.22. The maximum absolute atomic E-state index is 10.5. The third-order valence-corrected chi connectivity index (χ3v) is 1.59. The number of rotatable bonds is 5. The SMILES string of the molecule is CNC(CCC(C)=O)C(N)O. The Bertz CT molecular complexity index is 126. The predicted molar refractivity (Wildman–Crippen MR) is 43.0 cm³/mol. The molecular formula is C7H16N2O2. The van der Waals surface area contributed by atoms with Crippen molar-refractivity contribution in [3.8, 4) is 0 Å². The molecule has 4 nitrogen and oxygen atoms in total. The van der Waals surface area contributed by atoms with Crippen LogP contribution < -0.4 is 11.1 Å². The molecule has 0 fully saturated rings. The quantitative estimate of drug-likeness (QED) is 0.461. The van der Waals surface area contributed by atoms with Crippen LogP contribution in [0, 0.1) is 0 Å². The number of nitrogens with two attached hydrogens (primary N) is 1. The fraction of sp³-hybridized carbons (Fsp3) is 0.857. The van der Waals surface area contributed by atoms with Crippen LogP contribution in [0.5, 0.6) is 0 Å². The van der Waals surface area contributed by atoms with E-state index in [1.807, 2.05) is 0 Å². The van der Waals surface area contributed by atoms with Gasteiger partial charge in [-0.3, -0.25) is 0 Å². The Morgan fingerprint density at radius 3 is 2.55 bits per heavy atom. The summed E-state index contributed by atoms with van der Waals surface area (Å²) in [7, 11) is 1.71. The van der Waals surface area contributed by atoms with Crippen molar-refractivity contribution in [2.75, 3.05) is 7.05 Å². The van der Waals surface area contributed by atoms with Gasteiger partial charge in [0.1, 0.15) is 12.0 Å². The number of hydrogen-bond acceptors (Lipinski definition) is 4. The molecule has 11 heavy (non-hydrogen) atoms. The Morgan fingerprint density at radius 2 is 2.27 bits per heavy atom. The lowest BCUT2D eigenvalue weighted by Crippen LogP contribution is -2.43. The predicted octanol–water partition coefficient (Wildman–Crippen LogP) is -0.779. The van der Waals surface area contributed by atoms with Gasteiger partial charge in [0.2, 0.25) is 0 Å². The molecule has 0 rings (SSSR count). The van der Waals surface area contributed by atoms with E-state index < -0.39 is 6.23 Å².